The lowest BCUT2D eigenvalue weighted by Crippen LogP contribution is -2.19. The first-order valence-corrected chi connectivity index (χ1v) is 5.93. The molecule has 1 saturated carbocycles. The summed E-state index contributed by atoms with van der Waals surface area (Å²) in [5.41, 5.74) is -0.0467. The standard InChI is InChI=1S/C13H16F3N/c1-17-12(5-4-8-2-3-8)13-10(15)6-9(14)7-11(13)16/h6-8,12,17H,2-5H2,1H3. The summed E-state index contributed by atoms with van der Waals surface area (Å²) in [6.07, 6.45) is 4.07. The molecule has 4 heteroatoms. The molecular formula is C13H16F3N. The van der Waals surface area contributed by atoms with Gasteiger partial charge in [0.05, 0.1) is 0 Å². The summed E-state index contributed by atoms with van der Waals surface area (Å²) in [7, 11) is 1.67. The molecule has 1 aromatic carbocycles. The fourth-order valence-corrected chi connectivity index (χ4v) is 2.13. The second kappa shape index (κ2) is 5.08. The molecule has 0 aromatic heterocycles. The smallest absolute Gasteiger partial charge is 0.133 e. The van der Waals surface area contributed by atoms with Crippen LogP contribution in [0.1, 0.15) is 37.3 Å². The number of hydrogen-bond acceptors (Lipinski definition) is 1. The van der Waals surface area contributed by atoms with Crippen molar-refractivity contribution in [2.24, 2.45) is 5.92 Å². The average molecular weight is 243 g/mol. The molecule has 17 heavy (non-hydrogen) atoms. The van der Waals surface area contributed by atoms with Gasteiger partial charge in [0.15, 0.2) is 0 Å². The number of halogens is 3. The molecule has 0 heterocycles. The SMILES string of the molecule is CNC(CCC1CC1)c1c(F)cc(F)cc1F. The van der Waals surface area contributed by atoms with Crippen molar-refractivity contribution in [1.82, 2.24) is 5.32 Å². The molecule has 1 aliphatic rings. The van der Waals surface area contributed by atoms with Gasteiger partial charge in [-0.15, -0.1) is 0 Å². The van der Waals surface area contributed by atoms with Gasteiger partial charge < -0.3 is 5.32 Å². The number of rotatable bonds is 5. The number of benzene rings is 1. The molecule has 1 fully saturated rings. The third-order valence-electron chi connectivity index (χ3n) is 3.30. The van der Waals surface area contributed by atoms with Gasteiger partial charge in [-0.05, 0) is 25.8 Å². The van der Waals surface area contributed by atoms with E-state index in [1.54, 1.807) is 7.05 Å². The molecule has 0 amide bonds. The van der Waals surface area contributed by atoms with Gasteiger partial charge in [-0.25, -0.2) is 13.2 Å². The quantitative estimate of drug-likeness (QED) is 0.833. The van der Waals surface area contributed by atoms with Crippen LogP contribution in [0.5, 0.6) is 0 Å². The second-order valence-electron chi connectivity index (χ2n) is 4.65. The van der Waals surface area contributed by atoms with Crippen LogP contribution in [0.25, 0.3) is 0 Å². The Morgan fingerprint density at radius 3 is 2.29 bits per heavy atom. The van der Waals surface area contributed by atoms with Crippen molar-refractivity contribution < 1.29 is 13.2 Å². The number of nitrogens with one attached hydrogen (secondary N) is 1. The van der Waals surface area contributed by atoms with Crippen LogP contribution in [-0.2, 0) is 0 Å². The Labute approximate surface area is 99.0 Å². The lowest BCUT2D eigenvalue weighted by Gasteiger charge is -2.18. The van der Waals surface area contributed by atoms with E-state index in [9.17, 15) is 13.2 Å². The molecule has 0 aliphatic heterocycles. The second-order valence-corrected chi connectivity index (χ2v) is 4.65. The first-order chi connectivity index (χ1) is 8.11. The lowest BCUT2D eigenvalue weighted by atomic mass is 9.99. The van der Waals surface area contributed by atoms with Gasteiger partial charge in [0.2, 0.25) is 0 Å². The maximum atomic E-state index is 13.6. The third kappa shape index (κ3) is 3.00. The zero-order chi connectivity index (χ0) is 12.4. The molecule has 1 N–H and O–H groups in total. The molecule has 1 aliphatic carbocycles. The zero-order valence-electron chi connectivity index (χ0n) is 9.77. The van der Waals surface area contributed by atoms with Crippen molar-refractivity contribution >= 4 is 0 Å². The normalized spacial score (nSPS) is 17.2. The van der Waals surface area contributed by atoms with Crippen molar-refractivity contribution in [3.05, 3.63) is 35.1 Å². The van der Waals surface area contributed by atoms with E-state index in [0.717, 1.165) is 18.6 Å². The summed E-state index contributed by atoms with van der Waals surface area (Å²) in [5.74, 6) is -1.78. The van der Waals surface area contributed by atoms with Crippen molar-refractivity contribution in [1.29, 1.82) is 0 Å². The predicted octanol–water partition coefficient (Wildman–Crippen LogP) is 3.55. The van der Waals surface area contributed by atoms with Crippen LogP contribution in [0.3, 0.4) is 0 Å². The van der Waals surface area contributed by atoms with Crippen LogP contribution in [0.15, 0.2) is 12.1 Å². The lowest BCUT2D eigenvalue weighted by molar-refractivity contribution is 0.444. The van der Waals surface area contributed by atoms with Gasteiger partial charge in [0.25, 0.3) is 0 Å². The maximum Gasteiger partial charge on any atom is 0.133 e. The molecule has 0 spiro atoms. The van der Waals surface area contributed by atoms with Crippen molar-refractivity contribution in [3.8, 4) is 0 Å². The van der Waals surface area contributed by atoms with Gasteiger partial charge in [0, 0.05) is 23.7 Å². The van der Waals surface area contributed by atoms with Crippen LogP contribution in [0, 0.1) is 23.4 Å². The highest BCUT2D eigenvalue weighted by Crippen LogP contribution is 2.36. The van der Waals surface area contributed by atoms with E-state index in [-0.39, 0.29) is 11.6 Å². The van der Waals surface area contributed by atoms with E-state index >= 15 is 0 Å². The molecule has 0 saturated heterocycles. The summed E-state index contributed by atoms with van der Waals surface area (Å²) in [6, 6.07) is 1.09. The van der Waals surface area contributed by atoms with Gasteiger partial charge in [-0.1, -0.05) is 12.8 Å². The predicted molar refractivity (Wildman–Crippen MR) is 60.1 cm³/mol. The Morgan fingerprint density at radius 1 is 1.24 bits per heavy atom. The number of hydrogen-bond donors (Lipinski definition) is 1. The maximum absolute atomic E-state index is 13.6. The summed E-state index contributed by atoms with van der Waals surface area (Å²) in [6.45, 7) is 0. The van der Waals surface area contributed by atoms with Gasteiger partial charge >= 0.3 is 0 Å². The molecular weight excluding hydrogens is 227 g/mol. The molecule has 0 bridgehead atoms. The van der Waals surface area contributed by atoms with Gasteiger partial charge in [0.1, 0.15) is 17.5 Å². The molecule has 1 aromatic rings. The summed E-state index contributed by atoms with van der Waals surface area (Å²) in [4.78, 5) is 0. The minimum atomic E-state index is -0.874. The largest absolute Gasteiger partial charge is 0.313 e. The first kappa shape index (κ1) is 12.4. The van der Waals surface area contributed by atoms with E-state index in [4.69, 9.17) is 0 Å². The van der Waals surface area contributed by atoms with E-state index in [0.29, 0.717) is 12.3 Å². The van der Waals surface area contributed by atoms with Crippen molar-refractivity contribution in [2.45, 2.75) is 31.7 Å². The summed E-state index contributed by atoms with van der Waals surface area (Å²) in [5, 5.41) is 2.90. The van der Waals surface area contributed by atoms with Crippen LogP contribution in [0.2, 0.25) is 0 Å². The molecule has 0 radical (unpaired) electrons. The topological polar surface area (TPSA) is 12.0 Å². The van der Waals surface area contributed by atoms with E-state index < -0.39 is 17.5 Å². The van der Waals surface area contributed by atoms with E-state index in [2.05, 4.69) is 5.32 Å². The van der Waals surface area contributed by atoms with Crippen LogP contribution >= 0.6 is 0 Å². The third-order valence-corrected chi connectivity index (χ3v) is 3.30. The molecule has 1 nitrogen and oxygen atoms in total. The van der Waals surface area contributed by atoms with Crippen LogP contribution in [-0.4, -0.2) is 7.05 Å². The van der Waals surface area contributed by atoms with Gasteiger partial charge in [-0.3, -0.25) is 0 Å². The minimum absolute atomic E-state index is 0.0467. The Balaban J connectivity index is 2.16. The summed E-state index contributed by atoms with van der Waals surface area (Å²) >= 11 is 0. The highest BCUT2D eigenvalue weighted by Gasteiger charge is 2.25. The Morgan fingerprint density at radius 2 is 1.82 bits per heavy atom. The zero-order valence-corrected chi connectivity index (χ0v) is 9.77. The Kier molecular flexibility index (Phi) is 3.72. The monoisotopic (exact) mass is 243 g/mol. The minimum Gasteiger partial charge on any atom is -0.313 e. The molecule has 1 unspecified atom stereocenters. The van der Waals surface area contributed by atoms with Gasteiger partial charge in [-0.2, -0.15) is 0 Å². The fourth-order valence-electron chi connectivity index (χ4n) is 2.13. The molecule has 1 atom stereocenters. The van der Waals surface area contributed by atoms with Crippen LogP contribution < -0.4 is 5.32 Å². The first-order valence-electron chi connectivity index (χ1n) is 5.93. The van der Waals surface area contributed by atoms with Crippen molar-refractivity contribution in [3.63, 3.8) is 0 Å². The molecule has 94 valence electrons. The fraction of sp³-hybridized carbons (Fsp3) is 0.538. The average Bonchev–Trinajstić information content (AvgIpc) is 3.05. The Bertz CT molecular complexity index is 379. The van der Waals surface area contributed by atoms with Crippen LogP contribution in [0.4, 0.5) is 13.2 Å². The summed E-state index contributed by atoms with van der Waals surface area (Å²) < 4.78 is 39.9. The van der Waals surface area contributed by atoms with E-state index in [1.807, 2.05) is 0 Å². The van der Waals surface area contributed by atoms with Crippen molar-refractivity contribution in [2.75, 3.05) is 7.05 Å². The van der Waals surface area contributed by atoms with E-state index in [1.165, 1.54) is 12.8 Å². The highest BCUT2D eigenvalue weighted by atomic mass is 19.1. The highest BCUT2D eigenvalue weighted by molar-refractivity contribution is 5.24. The Hall–Kier alpha value is -1.03. The molecule has 2 rings (SSSR count).